The molecule has 180 valence electrons. The molecule has 32 heavy (non-hydrogen) atoms. The number of benzene rings is 1. The second-order valence-electron chi connectivity index (χ2n) is 10.4. The first-order valence-electron chi connectivity index (χ1n) is 10.9. The molecule has 0 fully saturated rings. The van der Waals surface area contributed by atoms with E-state index in [1.54, 1.807) is 41.5 Å². The number of esters is 1. The number of rotatable bonds is 6. The summed E-state index contributed by atoms with van der Waals surface area (Å²) in [7, 11) is -1.13. The van der Waals surface area contributed by atoms with Crippen molar-refractivity contribution in [1.82, 2.24) is 4.90 Å². The first kappa shape index (κ1) is 27.7. The highest BCUT2D eigenvalue weighted by atomic mass is 28.3. The Morgan fingerprint density at radius 1 is 0.906 bits per heavy atom. The Morgan fingerprint density at radius 2 is 1.34 bits per heavy atom. The lowest BCUT2D eigenvalue weighted by molar-refractivity contribution is -0.147. The molecule has 1 rings (SSSR count). The van der Waals surface area contributed by atoms with Gasteiger partial charge in [0.1, 0.15) is 17.2 Å². The van der Waals surface area contributed by atoms with Gasteiger partial charge in [0.15, 0.2) is 0 Å². The van der Waals surface area contributed by atoms with Gasteiger partial charge in [0.25, 0.3) is 0 Å². The summed E-state index contributed by atoms with van der Waals surface area (Å²) in [5.74, 6) is -0.676. The number of methoxy groups -OCH3 is 1. The smallest absolute Gasteiger partial charge is 0.420 e. The van der Waals surface area contributed by atoms with Gasteiger partial charge in [0.05, 0.1) is 15.2 Å². The lowest BCUT2D eigenvalue weighted by Crippen LogP contribution is -2.60. The minimum absolute atomic E-state index is 0.336. The van der Waals surface area contributed by atoms with E-state index in [0.717, 1.165) is 10.1 Å². The van der Waals surface area contributed by atoms with Crippen LogP contribution in [0.25, 0.3) is 0 Å². The Kier molecular flexibility index (Phi) is 9.09. The van der Waals surface area contributed by atoms with Crippen molar-refractivity contribution in [3.05, 3.63) is 30.3 Å². The third kappa shape index (κ3) is 7.36. The Bertz CT molecular complexity index is 767. The number of ether oxygens (including phenoxy) is 3. The van der Waals surface area contributed by atoms with E-state index in [0.29, 0.717) is 6.42 Å². The van der Waals surface area contributed by atoms with Gasteiger partial charge in [-0.3, -0.25) is 0 Å². The number of nitrogens with zero attached hydrogens (tertiary/aromatic N) is 1. The average Bonchev–Trinajstić information content (AvgIpc) is 2.64. The van der Waals surface area contributed by atoms with E-state index < -0.39 is 43.5 Å². The van der Waals surface area contributed by atoms with Gasteiger partial charge in [-0.15, -0.1) is 0 Å². The molecule has 0 saturated carbocycles. The quantitative estimate of drug-likeness (QED) is 0.330. The molecule has 2 atom stereocenters. The van der Waals surface area contributed by atoms with Crippen molar-refractivity contribution >= 4 is 31.4 Å². The molecular weight excluding hydrogens is 426 g/mol. The number of carbonyl (C=O) groups is 3. The molecule has 1 aromatic carbocycles. The molecule has 0 aliphatic heterocycles. The Morgan fingerprint density at radius 3 is 1.69 bits per heavy atom. The summed E-state index contributed by atoms with van der Waals surface area (Å²) in [6.45, 7) is 16.4. The molecule has 0 spiro atoms. The molecule has 0 N–H and O–H groups in total. The van der Waals surface area contributed by atoms with Crippen LogP contribution in [-0.4, -0.2) is 55.5 Å². The van der Waals surface area contributed by atoms with Crippen molar-refractivity contribution in [2.45, 2.75) is 90.8 Å². The van der Waals surface area contributed by atoms with Crippen molar-refractivity contribution in [2.24, 2.45) is 0 Å². The lowest BCUT2D eigenvalue weighted by Gasteiger charge is -2.41. The van der Waals surface area contributed by atoms with Gasteiger partial charge in [-0.05, 0) is 47.1 Å². The van der Waals surface area contributed by atoms with Crippen molar-refractivity contribution in [3.8, 4) is 0 Å². The van der Waals surface area contributed by atoms with Crippen LogP contribution in [0.15, 0.2) is 30.3 Å². The fourth-order valence-corrected chi connectivity index (χ4v) is 7.28. The summed E-state index contributed by atoms with van der Waals surface area (Å²) in [6.07, 6.45) is -1.31. The van der Waals surface area contributed by atoms with Crippen molar-refractivity contribution in [1.29, 1.82) is 0 Å². The van der Waals surface area contributed by atoms with Crippen LogP contribution in [0.5, 0.6) is 0 Å². The number of hydrogen-bond acceptors (Lipinski definition) is 6. The van der Waals surface area contributed by atoms with Crippen LogP contribution in [-0.2, 0) is 19.0 Å². The molecule has 0 radical (unpaired) electrons. The highest BCUT2D eigenvalue weighted by Crippen LogP contribution is 2.34. The first-order chi connectivity index (χ1) is 14.5. The van der Waals surface area contributed by atoms with Crippen molar-refractivity contribution in [2.75, 3.05) is 7.11 Å². The van der Waals surface area contributed by atoms with E-state index in [1.807, 2.05) is 37.3 Å². The maximum Gasteiger partial charge on any atom is 0.420 e. The average molecular weight is 466 g/mol. The van der Waals surface area contributed by atoms with Gasteiger partial charge >= 0.3 is 18.2 Å². The topological polar surface area (TPSA) is 82.1 Å². The minimum atomic E-state index is -2.38. The maximum atomic E-state index is 13.2. The summed E-state index contributed by atoms with van der Waals surface area (Å²) in [6, 6.07) is 8.69. The SMILES string of the molecule is CC[C@H](C(C(=O)OC)N(C(=O)OC(C)(C)C)C(=O)OC(C)(C)C)[Si](C)(C)c1ccccc1. The summed E-state index contributed by atoms with van der Waals surface area (Å²) in [5, 5.41) is 1.11. The second kappa shape index (κ2) is 10.5. The summed E-state index contributed by atoms with van der Waals surface area (Å²) in [4.78, 5) is 40.4. The summed E-state index contributed by atoms with van der Waals surface area (Å²) in [5.41, 5.74) is -2.07. The largest absolute Gasteiger partial charge is 0.467 e. The van der Waals surface area contributed by atoms with Gasteiger partial charge in [-0.2, -0.15) is 4.90 Å². The predicted molar refractivity (Wildman–Crippen MR) is 128 cm³/mol. The molecule has 1 unspecified atom stereocenters. The zero-order chi connectivity index (χ0) is 24.9. The van der Waals surface area contributed by atoms with E-state index in [2.05, 4.69) is 13.1 Å². The summed E-state index contributed by atoms with van der Waals surface area (Å²) >= 11 is 0. The lowest BCUT2D eigenvalue weighted by atomic mass is 10.1. The van der Waals surface area contributed by atoms with E-state index in [9.17, 15) is 14.4 Å². The maximum absolute atomic E-state index is 13.2. The number of carbonyl (C=O) groups excluding carboxylic acids is 3. The molecule has 0 bridgehead atoms. The second-order valence-corrected chi connectivity index (χ2v) is 15.2. The predicted octanol–water partition coefficient (Wildman–Crippen LogP) is 5.10. The zero-order valence-corrected chi connectivity index (χ0v) is 22.1. The molecule has 0 aromatic heterocycles. The normalized spacial score (nSPS) is 14.2. The van der Waals surface area contributed by atoms with Crippen LogP contribution >= 0.6 is 0 Å². The van der Waals surface area contributed by atoms with Crippen LogP contribution < -0.4 is 5.19 Å². The van der Waals surface area contributed by atoms with E-state index in [4.69, 9.17) is 14.2 Å². The fourth-order valence-electron chi connectivity index (χ4n) is 3.70. The molecule has 0 saturated heterocycles. The molecule has 8 heteroatoms. The summed E-state index contributed by atoms with van der Waals surface area (Å²) < 4.78 is 16.1. The van der Waals surface area contributed by atoms with Crippen LogP contribution in [0, 0.1) is 0 Å². The Balaban J connectivity index is 3.64. The van der Waals surface area contributed by atoms with Crippen LogP contribution in [0.1, 0.15) is 54.9 Å². The standard InChI is InChI=1S/C24H39NO6Si/c1-11-18(32(9,10)17-15-13-12-14-16-17)19(20(26)29-8)25(21(27)30-23(2,3)4)22(28)31-24(5,6)7/h12-16,18-19H,11H2,1-10H3/t18-,19?/m1/s1. The molecule has 2 amide bonds. The van der Waals surface area contributed by atoms with Gasteiger partial charge in [0, 0.05) is 0 Å². The van der Waals surface area contributed by atoms with Crippen LogP contribution in [0.3, 0.4) is 0 Å². The zero-order valence-electron chi connectivity index (χ0n) is 21.1. The minimum Gasteiger partial charge on any atom is -0.467 e. The molecule has 0 aliphatic rings. The highest BCUT2D eigenvalue weighted by molar-refractivity contribution is 6.91. The third-order valence-electron chi connectivity index (χ3n) is 5.17. The number of amides is 2. The molecule has 7 nitrogen and oxygen atoms in total. The Hall–Kier alpha value is -2.35. The molecule has 0 heterocycles. The van der Waals surface area contributed by atoms with Crippen LogP contribution in [0.2, 0.25) is 18.6 Å². The molecule has 1 aromatic rings. The first-order valence-corrected chi connectivity index (χ1v) is 14.0. The van der Waals surface area contributed by atoms with E-state index in [-0.39, 0.29) is 5.54 Å². The third-order valence-corrected chi connectivity index (χ3v) is 9.57. The van der Waals surface area contributed by atoms with Crippen molar-refractivity contribution < 1.29 is 28.6 Å². The number of imide groups is 1. The monoisotopic (exact) mass is 465 g/mol. The van der Waals surface area contributed by atoms with Gasteiger partial charge in [-0.25, -0.2) is 14.4 Å². The van der Waals surface area contributed by atoms with E-state index in [1.165, 1.54) is 7.11 Å². The molecular formula is C24H39NO6Si. The fraction of sp³-hybridized carbons (Fsp3) is 0.625. The molecule has 0 aliphatic carbocycles. The van der Waals surface area contributed by atoms with Crippen molar-refractivity contribution in [3.63, 3.8) is 0 Å². The number of hydrogen-bond donors (Lipinski definition) is 0. The Labute approximate surface area is 193 Å². The highest BCUT2D eigenvalue weighted by Gasteiger charge is 2.50. The van der Waals surface area contributed by atoms with Gasteiger partial charge in [-0.1, -0.05) is 62.0 Å². The van der Waals surface area contributed by atoms with Gasteiger partial charge in [0.2, 0.25) is 0 Å². The van der Waals surface area contributed by atoms with Crippen LogP contribution in [0.4, 0.5) is 9.59 Å². The van der Waals surface area contributed by atoms with Gasteiger partial charge < -0.3 is 14.2 Å². The van der Waals surface area contributed by atoms with E-state index >= 15 is 0 Å².